The van der Waals surface area contributed by atoms with Gasteiger partial charge in [-0.05, 0) is 23.8 Å². The van der Waals surface area contributed by atoms with Crippen molar-refractivity contribution >= 4 is 23.3 Å². The van der Waals surface area contributed by atoms with E-state index in [1.165, 1.54) is 18.5 Å². The summed E-state index contributed by atoms with van der Waals surface area (Å²) < 4.78 is 19.2. The summed E-state index contributed by atoms with van der Waals surface area (Å²) in [5, 5.41) is 3.13. The minimum atomic E-state index is -0.973. The molecule has 0 saturated heterocycles. The number of carbonyl (C=O) groups is 1. The number of hydrogen-bond acceptors (Lipinski definition) is 6. The molecule has 2 aromatic carbocycles. The van der Waals surface area contributed by atoms with Crippen LogP contribution in [-0.2, 0) is 4.79 Å². The average Bonchev–Trinajstić information content (AvgIpc) is 2.81. The van der Waals surface area contributed by atoms with Gasteiger partial charge in [0.1, 0.15) is 17.6 Å². The quantitative estimate of drug-likeness (QED) is 0.426. The molecule has 1 heterocycles. The molecular weight excluding hydrogens is 395 g/mol. The Balaban J connectivity index is 2.08. The van der Waals surface area contributed by atoms with Gasteiger partial charge in [0.2, 0.25) is 5.78 Å². The predicted octanol–water partition coefficient (Wildman–Crippen LogP) is 4.02. The van der Waals surface area contributed by atoms with Crippen LogP contribution in [0.1, 0.15) is 17.2 Å². The third kappa shape index (κ3) is 5.33. The molecule has 0 radical (unpaired) electrons. The molecule has 0 amide bonds. The lowest BCUT2D eigenvalue weighted by molar-refractivity contribution is -0.116. The molecule has 1 aromatic heterocycles. The van der Waals surface area contributed by atoms with E-state index in [9.17, 15) is 9.18 Å². The highest BCUT2D eigenvalue weighted by molar-refractivity contribution is 6.20. The molecule has 0 aliphatic heterocycles. The Kier molecular flexibility index (Phi) is 7.11. The van der Waals surface area contributed by atoms with Crippen molar-refractivity contribution in [3.8, 4) is 5.75 Å². The minimum Gasteiger partial charge on any atom is -0.497 e. The van der Waals surface area contributed by atoms with E-state index in [4.69, 9.17) is 10.5 Å². The van der Waals surface area contributed by atoms with Gasteiger partial charge in [0.05, 0.1) is 19.0 Å². The largest absolute Gasteiger partial charge is 0.497 e. The fourth-order valence-corrected chi connectivity index (χ4v) is 3.10. The lowest BCUT2D eigenvalue weighted by atomic mass is 9.96. The predicted molar refractivity (Wildman–Crippen MR) is 121 cm³/mol. The minimum absolute atomic E-state index is 0.00135. The number of allylic oxidation sites excluding steroid dienone is 1. The molecule has 158 valence electrons. The lowest BCUT2D eigenvalue weighted by Gasteiger charge is -2.21. The normalized spacial score (nSPS) is 12.9. The van der Waals surface area contributed by atoms with Crippen molar-refractivity contribution in [2.75, 3.05) is 19.5 Å². The van der Waals surface area contributed by atoms with E-state index in [0.29, 0.717) is 22.6 Å². The van der Waals surface area contributed by atoms with Gasteiger partial charge in [-0.15, -0.1) is 0 Å². The van der Waals surface area contributed by atoms with Crippen molar-refractivity contribution < 1.29 is 13.9 Å². The number of rotatable bonds is 8. The number of nitrogens with one attached hydrogen (secondary N) is 1. The zero-order chi connectivity index (χ0) is 22.2. The van der Waals surface area contributed by atoms with Crippen LogP contribution in [0.15, 0.2) is 83.7 Å². The molecule has 0 saturated carbocycles. The second kappa shape index (κ2) is 10.2. The number of carbonyl (C=O) groups excluding carboxylic acids is 1. The molecule has 1 unspecified atom stereocenters. The first-order valence-electron chi connectivity index (χ1n) is 9.56. The van der Waals surface area contributed by atoms with Crippen LogP contribution in [0.3, 0.4) is 0 Å². The molecule has 3 aromatic rings. The summed E-state index contributed by atoms with van der Waals surface area (Å²) in [5.41, 5.74) is 8.51. The van der Waals surface area contributed by atoms with Crippen LogP contribution in [0.2, 0.25) is 0 Å². The van der Waals surface area contributed by atoms with E-state index >= 15 is 0 Å². The molecule has 0 bridgehead atoms. The van der Waals surface area contributed by atoms with Crippen molar-refractivity contribution in [1.82, 2.24) is 4.98 Å². The Labute approximate surface area is 180 Å². The van der Waals surface area contributed by atoms with Gasteiger partial charge in [-0.1, -0.05) is 36.4 Å². The van der Waals surface area contributed by atoms with Crippen molar-refractivity contribution in [3.05, 3.63) is 95.7 Å². The number of halogens is 1. The maximum Gasteiger partial charge on any atom is 0.205 e. The van der Waals surface area contributed by atoms with Crippen molar-refractivity contribution in [3.63, 3.8) is 0 Å². The second-order valence-corrected chi connectivity index (χ2v) is 6.69. The highest BCUT2D eigenvalue weighted by Gasteiger charge is 2.26. The summed E-state index contributed by atoms with van der Waals surface area (Å²) in [4.78, 5) is 21.4. The van der Waals surface area contributed by atoms with Crippen LogP contribution in [0, 0.1) is 5.82 Å². The number of ether oxygens (including phenoxy) is 1. The van der Waals surface area contributed by atoms with E-state index < -0.39 is 17.6 Å². The van der Waals surface area contributed by atoms with Crippen LogP contribution in [0.25, 0.3) is 5.57 Å². The van der Waals surface area contributed by atoms with Gasteiger partial charge in [0.25, 0.3) is 0 Å². The van der Waals surface area contributed by atoms with Crippen LogP contribution < -0.4 is 15.8 Å². The number of Topliss-reactive ketones (excluding diaryl/α,β-unsaturated/α-hetero) is 1. The Bertz CT molecular complexity index is 1110. The number of aliphatic imine (C=N–C) groups is 1. The Morgan fingerprint density at radius 1 is 1.16 bits per heavy atom. The summed E-state index contributed by atoms with van der Waals surface area (Å²) in [6.07, 6.45) is 4.05. The monoisotopic (exact) mass is 418 g/mol. The first kappa shape index (κ1) is 21.7. The average molecular weight is 418 g/mol. The van der Waals surface area contributed by atoms with Gasteiger partial charge >= 0.3 is 0 Å². The molecule has 0 aliphatic rings. The first-order chi connectivity index (χ1) is 15.0. The number of benzene rings is 2. The summed E-state index contributed by atoms with van der Waals surface area (Å²) in [6, 6.07) is 16.6. The molecule has 0 fully saturated rings. The van der Waals surface area contributed by atoms with Crippen LogP contribution >= 0.6 is 0 Å². The molecule has 3 N–H and O–H groups in total. The SMILES string of the molecule is CN=CC(=C(N)C(=O)C(Nc1cccc(OC)c1)c1cncc(F)c1)c1ccccc1. The number of hydrogen-bond donors (Lipinski definition) is 2. The summed E-state index contributed by atoms with van der Waals surface area (Å²) >= 11 is 0. The molecule has 7 heteroatoms. The molecule has 1 atom stereocenters. The van der Waals surface area contributed by atoms with Gasteiger partial charge in [0, 0.05) is 42.3 Å². The van der Waals surface area contributed by atoms with E-state index in [1.54, 1.807) is 38.4 Å². The third-order valence-electron chi connectivity index (χ3n) is 4.60. The van der Waals surface area contributed by atoms with E-state index in [0.717, 1.165) is 11.8 Å². The Morgan fingerprint density at radius 2 is 1.94 bits per heavy atom. The number of pyridine rings is 1. The summed E-state index contributed by atoms with van der Waals surface area (Å²) in [7, 11) is 3.15. The number of anilines is 1. The first-order valence-corrected chi connectivity index (χ1v) is 9.56. The van der Waals surface area contributed by atoms with Crippen LogP contribution in [0.4, 0.5) is 10.1 Å². The van der Waals surface area contributed by atoms with Crippen molar-refractivity contribution in [2.45, 2.75) is 6.04 Å². The Morgan fingerprint density at radius 3 is 2.61 bits per heavy atom. The summed E-state index contributed by atoms with van der Waals surface area (Å²) in [5.74, 6) is -0.377. The smallest absolute Gasteiger partial charge is 0.205 e. The zero-order valence-electron chi connectivity index (χ0n) is 17.2. The number of methoxy groups -OCH3 is 1. The molecular formula is C24H23FN4O2. The molecule has 3 rings (SSSR count). The maximum absolute atomic E-state index is 13.9. The topological polar surface area (TPSA) is 89.6 Å². The molecule has 0 spiro atoms. The Hall–Kier alpha value is -4.00. The van der Waals surface area contributed by atoms with E-state index in [2.05, 4.69) is 15.3 Å². The van der Waals surface area contributed by atoms with Gasteiger partial charge in [-0.2, -0.15) is 0 Å². The number of aromatic nitrogens is 1. The fraction of sp³-hybridized carbons (Fsp3) is 0.125. The van der Waals surface area contributed by atoms with E-state index in [-0.39, 0.29) is 5.70 Å². The van der Waals surface area contributed by atoms with Gasteiger partial charge in [-0.25, -0.2) is 4.39 Å². The second-order valence-electron chi connectivity index (χ2n) is 6.69. The summed E-state index contributed by atoms with van der Waals surface area (Å²) in [6.45, 7) is 0. The van der Waals surface area contributed by atoms with Crippen LogP contribution in [0.5, 0.6) is 5.75 Å². The number of nitrogens with two attached hydrogens (primary N) is 1. The zero-order valence-corrected chi connectivity index (χ0v) is 17.2. The number of nitrogens with zero attached hydrogens (tertiary/aromatic N) is 2. The fourth-order valence-electron chi connectivity index (χ4n) is 3.10. The standard InChI is InChI=1S/C24H23FN4O2/c1-27-15-21(16-7-4-3-5-8-16)22(26)24(30)23(17-11-18(25)14-28-13-17)29-19-9-6-10-20(12-19)31-2/h3-15,23,29H,26H2,1-2H3. The highest BCUT2D eigenvalue weighted by Crippen LogP contribution is 2.27. The van der Waals surface area contributed by atoms with Crippen molar-refractivity contribution in [2.24, 2.45) is 10.7 Å². The number of ketones is 1. The highest BCUT2D eigenvalue weighted by atomic mass is 19.1. The molecule has 6 nitrogen and oxygen atoms in total. The molecule has 31 heavy (non-hydrogen) atoms. The van der Waals surface area contributed by atoms with Gasteiger partial charge in [0.15, 0.2) is 0 Å². The molecule has 0 aliphatic carbocycles. The van der Waals surface area contributed by atoms with Crippen molar-refractivity contribution in [1.29, 1.82) is 0 Å². The maximum atomic E-state index is 13.9. The third-order valence-corrected chi connectivity index (χ3v) is 4.60. The van der Waals surface area contributed by atoms with E-state index in [1.807, 2.05) is 30.3 Å². The van der Waals surface area contributed by atoms with Crippen LogP contribution in [-0.4, -0.2) is 31.1 Å². The van der Waals surface area contributed by atoms with Gasteiger partial charge in [-0.3, -0.25) is 14.8 Å². The lowest BCUT2D eigenvalue weighted by Crippen LogP contribution is -2.27. The van der Waals surface area contributed by atoms with Gasteiger partial charge < -0.3 is 15.8 Å².